The van der Waals surface area contributed by atoms with Crippen LogP contribution in [0.2, 0.25) is 5.02 Å². The fourth-order valence-corrected chi connectivity index (χ4v) is 3.45. The molecule has 21 heavy (non-hydrogen) atoms. The van der Waals surface area contributed by atoms with Crippen LogP contribution in [0, 0.1) is 9.39 Å². The molecule has 3 rings (SSSR count). The number of fused-ring (bicyclic) bond motifs is 1. The second-order valence-corrected chi connectivity index (χ2v) is 6.45. The Balaban J connectivity index is 2.35. The number of aromatic nitrogens is 2. The minimum absolute atomic E-state index is 0.266. The van der Waals surface area contributed by atoms with E-state index in [2.05, 4.69) is 27.6 Å². The second-order valence-electron chi connectivity index (χ2n) is 4.51. The lowest BCUT2D eigenvalue weighted by Crippen LogP contribution is -2.04. The topological polar surface area (TPSA) is 17.8 Å². The van der Waals surface area contributed by atoms with E-state index in [4.69, 9.17) is 23.2 Å². The van der Waals surface area contributed by atoms with E-state index in [9.17, 15) is 4.39 Å². The van der Waals surface area contributed by atoms with Crippen LogP contribution in [0.15, 0.2) is 36.4 Å². The molecule has 0 bridgehead atoms. The molecule has 0 saturated heterocycles. The first kappa shape index (κ1) is 15.1. The first-order chi connectivity index (χ1) is 10.1. The largest absolute Gasteiger partial charge is 0.294 e. The van der Waals surface area contributed by atoms with Gasteiger partial charge in [0.25, 0.3) is 0 Å². The van der Waals surface area contributed by atoms with Crippen molar-refractivity contribution in [2.45, 2.75) is 6.42 Å². The third-order valence-corrected chi connectivity index (χ3v) is 4.52. The first-order valence-electron chi connectivity index (χ1n) is 6.29. The van der Waals surface area contributed by atoms with E-state index < -0.39 is 0 Å². The van der Waals surface area contributed by atoms with E-state index in [-0.39, 0.29) is 5.82 Å². The Labute approximate surface area is 145 Å². The zero-order valence-corrected chi connectivity index (χ0v) is 14.5. The molecule has 0 N–H and O–H groups in total. The maximum absolute atomic E-state index is 13.4. The van der Waals surface area contributed by atoms with Crippen LogP contribution in [-0.2, 0) is 6.42 Å². The molecule has 0 aliphatic rings. The summed E-state index contributed by atoms with van der Waals surface area (Å²) < 4.78 is 16.1. The van der Waals surface area contributed by atoms with Gasteiger partial charge in [0, 0.05) is 15.9 Å². The molecule has 1 aromatic heterocycles. The van der Waals surface area contributed by atoms with E-state index >= 15 is 0 Å². The SMILES string of the molecule is Fc1ccc(-n2c(CCCl)nc3cccc(Cl)c32)c(I)c1. The van der Waals surface area contributed by atoms with Crippen molar-refractivity contribution in [2.24, 2.45) is 0 Å². The van der Waals surface area contributed by atoms with Gasteiger partial charge in [-0.3, -0.25) is 4.57 Å². The van der Waals surface area contributed by atoms with Crippen molar-refractivity contribution in [2.75, 3.05) is 5.88 Å². The normalized spacial score (nSPS) is 11.2. The summed E-state index contributed by atoms with van der Waals surface area (Å²) in [6.07, 6.45) is 0.611. The van der Waals surface area contributed by atoms with Crippen LogP contribution in [0.5, 0.6) is 0 Å². The predicted octanol–water partition coefficient (Wildman–Crippen LogP) is 5.20. The van der Waals surface area contributed by atoms with Gasteiger partial charge in [0.05, 0.1) is 21.7 Å². The number of halogens is 4. The molecule has 1 heterocycles. The second kappa shape index (κ2) is 6.10. The summed E-state index contributed by atoms with van der Waals surface area (Å²) in [6, 6.07) is 10.3. The molecule has 108 valence electrons. The third-order valence-electron chi connectivity index (χ3n) is 3.17. The molecule has 3 aromatic rings. The van der Waals surface area contributed by atoms with Crippen LogP contribution in [-0.4, -0.2) is 15.4 Å². The molecule has 6 heteroatoms. The van der Waals surface area contributed by atoms with Crippen molar-refractivity contribution in [3.05, 3.63) is 56.6 Å². The Morgan fingerprint density at radius 1 is 1.24 bits per heavy atom. The molecule has 0 spiro atoms. The van der Waals surface area contributed by atoms with E-state index in [0.717, 1.165) is 26.1 Å². The summed E-state index contributed by atoms with van der Waals surface area (Å²) in [5.41, 5.74) is 2.49. The molecule has 0 fully saturated rings. The average Bonchev–Trinajstić information content (AvgIpc) is 2.79. The third kappa shape index (κ3) is 2.76. The van der Waals surface area contributed by atoms with Crippen LogP contribution >= 0.6 is 45.8 Å². The van der Waals surface area contributed by atoms with Crippen LogP contribution in [0.25, 0.3) is 16.7 Å². The van der Waals surface area contributed by atoms with Crippen molar-refractivity contribution in [1.82, 2.24) is 9.55 Å². The summed E-state index contributed by atoms with van der Waals surface area (Å²) in [5.74, 6) is 1.01. The van der Waals surface area contributed by atoms with Gasteiger partial charge in [-0.15, -0.1) is 11.6 Å². The van der Waals surface area contributed by atoms with Crippen LogP contribution in [0.4, 0.5) is 4.39 Å². The van der Waals surface area contributed by atoms with Gasteiger partial charge in [0.15, 0.2) is 0 Å². The monoisotopic (exact) mass is 434 g/mol. The molecule has 0 atom stereocenters. The lowest BCUT2D eigenvalue weighted by atomic mass is 10.2. The van der Waals surface area contributed by atoms with Crippen LogP contribution < -0.4 is 0 Å². The highest BCUT2D eigenvalue weighted by atomic mass is 127. The van der Waals surface area contributed by atoms with Gasteiger partial charge in [-0.05, 0) is 52.9 Å². The van der Waals surface area contributed by atoms with Gasteiger partial charge in [0.1, 0.15) is 11.6 Å². The van der Waals surface area contributed by atoms with Gasteiger partial charge >= 0.3 is 0 Å². The van der Waals surface area contributed by atoms with E-state index in [1.165, 1.54) is 12.1 Å². The Bertz CT molecular complexity index is 817. The summed E-state index contributed by atoms with van der Waals surface area (Å²) in [5, 5.41) is 0.612. The molecule has 0 amide bonds. The molecular weight excluding hydrogens is 425 g/mol. The standard InChI is InChI=1S/C15H10Cl2FIN2/c16-7-6-14-20-12-3-1-2-10(17)15(12)21(14)13-5-4-9(18)8-11(13)19/h1-5,8H,6-7H2. The highest BCUT2D eigenvalue weighted by Crippen LogP contribution is 2.30. The quantitative estimate of drug-likeness (QED) is 0.409. The maximum atomic E-state index is 13.4. The molecule has 0 aliphatic carbocycles. The molecule has 2 nitrogen and oxygen atoms in total. The highest BCUT2D eigenvalue weighted by molar-refractivity contribution is 14.1. The maximum Gasteiger partial charge on any atom is 0.124 e. The van der Waals surface area contributed by atoms with Gasteiger partial charge in [0.2, 0.25) is 0 Å². The molecule has 0 aliphatic heterocycles. The Morgan fingerprint density at radius 2 is 2.05 bits per heavy atom. The Kier molecular flexibility index (Phi) is 4.38. The number of hydrogen-bond acceptors (Lipinski definition) is 1. The minimum Gasteiger partial charge on any atom is -0.294 e. The lowest BCUT2D eigenvalue weighted by Gasteiger charge is -2.11. The number of hydrogen-bond donors (Lipinski definition) is 0. The molecule has 2 aromatic carbocycles. The summed E-state index contributed by atoms with van der Waals surface area (Å²) >= 11 is 14.3. The number of para-hydroxylation sites is 1. The van der Waals surface area contributed by atoms with Crippen LogP contribution in [0.1, 0.15) is 5.82 Å². The van der Waals surface area contributed by atoms with Crippen molar-refractivity contribution in [3.63, 3.8) is 0 Å². The van der Waals surface area contributed by atoms with Gasteiger partial charge in [-0.25, -0.2) is 9.37 Å². The van der Waals surface area contributed by atoms with Crippen molar-refractivity contribution >= 4 is 56.8 Å². The number of alkyl halides is 1. The average molecular weight is 435 g/mol. The van der Waals surface area contributed by atoms with Crippen molar-refractivity contribution in [3.8, 4) is 5.69 Å². The van der Waals surface area contributed by atoms with E-state index in [0.29, 0.717) is 17.3 Å². The first-order valence-corrected chi connectivity index (χ1v) is 8.28. The molecule has 0 saturated carbocycles. The number of nitrogens with zero attached hydrogens (tertiary/aromatic N) is 2. The van der Waals surface area contributed by atoms with E-state index in [1.807, 2.05) is 22.8 Å². The number of imidazole rings is 1. The minimum atomic E-state index is -0.266. The van der Waals surface area contributed by atoms with Gasteiger partial charge < -0.3 is 0 Å². The van der Waals surface area contributed by atoms with Gasteiger partial charge in [-0.2, -0.15) is 0 Å². The molecule has 0 unspecified atom stereocenters. The van der Waals surface area contributed by atoms with E-state index in [1.54, 1.807) is 6.07 Å². The summed E-state index contributed by atoms with van der Waals surface area (Å²) in [7, 11) is 0. The summed E-state index contributed by atoms with van der Waals surface area (Å²) in [4.78, 5) is 4.60. The lowest BCUT2D eigenvalue weighted by molar-refractivity contribution is 0.626. The fourth-order valence-electron chi connectivity index (χ4n) is 2.31. The number of aryl methyl sites for hydroxylation is 1. The number of benzene rings is 2. The number of rotatable bonds is 3. The zero-order valence-electron chi connectivity index (χ0n) is 10.8. The van der Waals surface area contributed by atoms with Crippen LogP contribution in [0.3, 0.4) is 0 Å². The molecular formula is C15H10Cl2FIN2. The van der Waals surface area contributed by atoms with Gasteiger partial charge in [-0.1, -0.05) is 17.7 Å². The molecule has 0 radical (unpaired) electrons. The smallest absolute Gasteiger partial charge is 0.124 e. The zero-order chi connectivity index (χ0) is 15.0. The fraction of sp³-hybridized carbons (Fsp3) is 0.133. The predicted molar refractivity (Wildman–Crippen MR) is 93.2 cm³/mol. The Hall–Kier alpha value is -0.850. The van der Waals surface area contributed by atoms with Crippen molar-refractivity contribution in [1.29, 1.82) is 0 Å². The highest BCUT2D eigenvalue weighted by Gasteiger charge is 2.16. The van der Waals surface area contributed by atoms with Crippen molar-refractivity contribution < 1.29 is 4.39 Å². The Morgan fingerprint density at radius 3 is 2.76 bits per heavy atom. The summed E-state index contributed by atoms with van der Waals surface area (Å²) in [6.45, 7) is 0.